The van der Waals surface area contributed by atoms with Gasteiger partial charge in [0.25, 0.3) is 11.8 Å². The number of carbonyl (C=O) groups is 2. The number of aromatic nitrogens is 2. The van der Waals surface area contributed by atoms with Gasteiger partial charge in [0.05, 0.1) is 6.54 Å². The number of hydrogen-bond acceptors (Lipinski definition) is 4. The van der Waals surface area contributed by atoms with Crippen LogP contribution in [0.2, 0.25) is 0 Å². The lowest BCUT2D eigenvalue weighted by Gasteiger charge is -2.36. The molecule has 0 spiro atoms. The summed E-state index contributed by atoms with van der Waals surface area (Å²) in [6.07, 6.45) is 0.371. The van der Waals surface area contributed by atoms with Crippen molar-refractivity contribution in [3.8, 4) is 0 Å². The molecule has 1 saturated heterocycles. The molecule has 0 unspecified atom stereocenters. The average molecular weight is 498 g/mol. The lowest BCUT2D eigenvalue weighted by Crippen LogP contribution is -2.49. The molecule has 7 nitrogen and oxygen atoms in total. The van der Waals surface area contributed by atoms with E-state index >= 15 is 0 Å². The molecule has 0 bridgehead atoms. The molecule has 2 aromatic carbocycles. The number of anilines is 1. The third-order valence-electron chi connectivity index (χ3n) is 6.87. The smallest absolute Gasteiger partial charge is 0.274 e. The van der Waals surface area contributed by atoms with Crippen molar-refractivity contribution in [2.45, 2.75) is 26.4 Å². The van der Waals surface area contributed by atoms with E-state index in [0.717, 1.165) is 17.4 Å². The zero-order valence-corrected chi connectivity index (χ0v) is 19.9. The van der Waals surface area contributed by atoms with E-state index in [2.05, 4.69) is 10.00 Å². The number of nitrogens with zero attached hydrogens (tertiary/aromatic N) is 5. The molecule has 2 aliphatic heterocycles. The van der Waals surface area contributed by atoms with Gasteiger partial charge < -0.3 is 14.7 Å². The Morgan fingerprint density at radius 1 is 0.861 bits per heavy atom. The van der Waals surface area contributed by atoms with E-state index in [9.17, 15) is 22.8 Å². The van der Waals surface area contributed by atoms with Crippen LogP contribution in [-0.4, -0.2) is 64.1 Å². The second kappa shape index (κ2) is 9.67. The van der Waals surface area contributed by atoms with Crippen molar-refractivity contribution >= 4 is 17.5 Å². The summed E-state index contributed by atoms with van der Waals surface area (Å²) in [6.45, 7) is 4.98. The summed E-state index contributed by atoms with van der Waals surface area (Å²) >= 11 is 0. The maximum Gasteiger partial charge on any atom is 0.274 e. The summed E-state index contributed by atoms with van der Waals surface area (Å²) in [4.78, 5) is 31.7. The molecule has 5 rings (SSSR count). The highest BCUT2D eigenvalue weighted by molar-refractivity contribution is 5.96. The van der Waals surface area contributed by atoms with Crippen LogP contribution in [0.15, 0.2) is 42.5 Å². The van der Waals surface area contributed by atoms with Crippen molar-refractivity contribution in [1.29, 1.82) is 0 Å². The van der Waals surface area contributed by atoms with Crippen molar-refractivity contribution in [3.05, 3.63) is 82.4 Å². The number of benzene rings is 2. The fourth-order valence-corrected chi connectivity index (χ4v) is 4.94. The fourth-order valence-electron chi connectivity index (χ4n) is 4.94. The minimum atomic E-state index is -1.51. The Bertz CT molecular complexity index is 1300. The minimum absolute atomic E-state index is 0.0331. The molecule has 36 heavy (non-hydrogen) atoms. The molecular weight excluding hydrogens is 471 g/mol. The maximum atomic E-state index is 14.3. The van der Waals surface area contributed by atoms with Crippen LogP contribution in [0.4, 0.5) is 18.9 Å². The van der Waals surface area contributed by atoms with Gasteiger partial charge in [-0.1, -0.05) is 18.2 Å². The lowest BCUT2D eigenvalue weighted by atomic mass is 10.0. The Morgan fingerprint density at radius 2 is 1.56 bits per heavy atom. The Hall–Kier alpha value is -3.82. The van der Waals surface area contributed by atoms with Crippen molar-refractivity contribution in [1.82, 2.24) is 19.6 Å². The summed E-state index contributed by atoms with van der Waals surface area (Å²) < 4.78 is 44.0. The van der Waals surface area contributed by atoms with Crippen LogP contribution < -0.4 is 4.90 Å². The number of amides is 2. The molecule has 0 radical (unpaired) electrons. The Balaban J connectivity index is 1.37. The van der Waals surface area contributed by atoms with E-state index in [1.807, 2.05) is 37.3 Å². The summed E-state index contributed by atoms with van der Waals surface area (Å²) in [5.41, 5.74) is 1.82. The van der Waals surface area contributed by atoms with E-state index in [1.54, 1.807) is 9.58 Å². The highest BCUT2D eigenvalue weighted by Crippen LogP contribution is 2.27. The SMILES string of the molecule is CCn1nc(C(=O)N2CCN(c3ccccc3)CC2)c2c1CCN(C(=O)c1c(F)ccc(F)c1F)C2. The monoisotopic (exact) mass is 497 g/mol. The fraction of sp³-hybridized carbons (Fsp3) is 0.346. The van der Waals surface area contributed by atoms with Crippen LogP contribution >= 0.6 is 0 Å². The van der Waals surface area contributed by atoms with Gasteiger partial charge in [-0.2, -0.15) is 5.10 Å². The van der Waals surface area contributed by atoms with Gasteiger partial charge in [0, 0.05) is 62.6 Å². The second-order valence-corrected chi connectivity index (χ2v) is 8.90. The predicted molar refractivity (Wildman–Crippen MR) is 127 cm³/mol. The van der Waals surface area contributed by atoms with Crippen LogP contribution in [0, 0.1) is 17.5 Å². The average Bonchev–Trinajstić information content (AvgIpc) is 3.29. The van der Waals surface area contributed by atoms with Crippen LogP contribution in [0.3, 0.4) is 0 Å². The van der Waals surface area contributed by atoms with Gasteiger partial charge in [-0.3, -0.25) is 14.3 Å². The molecule has 1 aromatic heterocycles. The molecule has 0 N–H and O–H groups in total. The van der Waals surface area contributed by atoms with Gasteiger partial charge in [0.2, 0.25) is 0 Å². The quantitative estimate of drug-likeness (QED) is 0.518. The van der Waals surface area contributed by atoms with E-state index in [4.69, 9.17) is 0 Å². The number of para-hydroxylation sites is 1. The minimum Gasteiger partial charge on any atom is -0.368 e. The van der Waals surface area contributed by atoms with Gasteiger partial charge in [0.1, 0.15) is 11.4 Å². The van der Waals surface area contributed by atoms with Crippen LogP contribution in [0.1, 0.15) is 39.0 Å². The summed E-state index contributed by atoms with van der Waals surface area (Å²) in [5.74, 6) is -5.11. The highest BCUT2D eigenvalue weighted by atomic mass is 19.2. The Kier molecular flexibility index (Phi) is 6.42. The molecule has 3 heterocycles. The summed E-state index contributed by atoms with van der Waals surface area (Å²) in [7, 11) is 0. The Labute approximate surface area is 206 Å². The predicted octanol–water partition coefficient (Wildman–Crippen LogP) is 3.48. The lowest BCUT2D eigenvalue weighted by molar-refractivity contribution is 0.0702. The topological polar surface area (TPSA) is 61.7 Å². The van der Waals surface area contributed by atoms with Gasteiger partial charge in [-0.15, -0.1) is 0 Å². The first-order chi connectivity index (χ1) is 17.4. The second-order valence-electron chi connectivity index (χ2n) is 8.90. The molecule has 2 amide bonds. The van der Waals surface area contributed by atoms with E-state index < -0.39 is 28.9 Å². The molecule has 2 aliphatic rings. The van der Waals surface area contributed by atoms with E-state index in [1.165, 1.54) is 4.90 Å². The molecule has 188 valence electrons. The third kappa shape index (κ3) is 4.20. The van der Waals surface area contributed by atoms with Crippen LogP contribution in [0.25, 0.3) is 0 Å². The van der Waals surface area contributed by atoms with E-state index in [-0.39, 0.29) is 24.7 Å². The van der Waals surface area contributed by atoms with Crippen molar-refractivity contribution in [2.75, 3.05) is 37.6 Å². The highest BCUT2D eigenvalue weighted by Gasteiger charge is 2.34. The standard InChI is InChI=1S/C26H26F3N5O2/c1-2-34-21-10-11-33(25(35)22-19(27)8-9-20(28)23(22)29)16-18(21)24(30-34)26(36)32-14-12-31(13-15-32)17-6-4-3-5-7-17/h3-9H,2,10-16H2,1H3. The Morgan fingerprint density at radius 3 is 2.25 bits per heavy atom. The van der Waals surface area contributed by atoms with Gasteiger partial charge >= 0.3 is 0 Å². The van der Waals surface area contributed by atoms with Crippen LogP contribution in [0.5, 0.6) is 0 Å². The first kappa shape index (κ1) is 23.9. The molecular formula is C26H26F3N5O2. The number of fused-ring (bicyclic) bond motifs is 1. The molecule has 3 aromatic rings. The molecule has 1 fully saturated rings. The number of rotatable bonds is 4. The first-order valence-electron chi connectivity index (χ1n) is 12.0. The summed E-state index contributed by atoms with van der Waals surface area (Å²) in [5, 5.41) is 4.54. The molecule has 0 saturated carbocycles. The zero-order valence-electron chi connectivity index (χ0n) is 19.9. The molecule has 0 aliphatic carbocycles. The van der Waals surface area contributed by atoms with E-state index in [0.29, 0.717) is 50.8 Å². The normalized spacial score (nSPS) is 15.7. The van der Waals surface area contributed by atoms with Gasteiger partial charge in [0.15, 0.2) is 17.3 Å². The van der Waals surface area contributed by atoms with Crippen molar-refractivity contribution < 1.29 is 22.8 Å². The summed E-state index contributed by atoms with van der Waals surface area (Å²) in [6, 6.07) is 11.4. The molecule has 0 atom stereocenters. The number of hydrogen-bond donors (Lipinski definition) is 0. The maximum absolute atomic E-state index is 14.3. The van der Waals surface area contributed by atoms with Crippen molar-refractivity contribution in [2.24, 2.45) is 0 Å². The largest absolute Gasteiger partial charge is 0.368 e. The van der Waals surface area contributed by atoms with Gasteiger partial charge in [-0.25, -0.2) is 13.2 Å². The third-order valence-corrected chi connectivity index (χ3v) is 6.87. The van der Waals surface area contributed by atoms with Crippen molar-refractivity contribution in [3.63, 3.8) is 0 Å². The number of carbonyl (C=O) groups excluding carboxylic acids is 2. The molecule has 10 heteroatoms. The van der Waals surface area contributed by atoms with Crippen LogP contribution in [-0.2, 0) is 19.5 Å². The zero-order chi connectivity index (χ0) is 25.4. The number of aryl methyl sites for hydroxylation is 1. The first-order valence-corrected chi connectivity index (χ1v) is 12.0. The van der Waals surface area contributed by atoms with Gasteiger partial charge in [-0.05, 0) is 31.2 Å². The number of halogens is 3. The number of piperazine rings is 1.